The zero-order valence-electron chi connectivity index (χ0n) is 12.6. The highest BCUT2D eigenvalue weighted by Gasteiger charge is 2.41. The van der Waals surface area contributed by atoms with E-state index in [2.05, 4.69) is 11.8 Å². The number of hydrogen-bond donors (Lipinski definition) is 0. The lowest BCUT2D eigenvalue weighted by molar-refractivity contribution is -0.146. The predicted octanol–water partition coefficient (Wildman–Crippen LogP) is 3.37. The minimum atomic E-state index is 0.00366. The summed E-state index contributed by atoms with van der Waals surface area (Å²) < 4.78 is 5.23. The normalized spacial score (nSPS) is 33.1. The minimum absolute atomic E-state index is 0.00366. The molecule has 1 aliphatic heterocycles. The molecule has 19 heavy (non-hydrogen) atoms. The number of ether oxygens (including phenoxy) is 1. The van der Waals surface area contributed by atoms with Gasteiger partial charge in [0.05, 0.1) is 13.0 Å². The van der Waals surface area contributed by atoms with Crippen molar-refractivity contribution in [2.75, 3.05) is 19.7 Å². The third-order valence-electron chi connectivity index (χ3n) is 5.00. The van der Waals surface area contributed by atoms with E-state index in [4.69, 9.17) is 4.74 Å². The Morgan fingerprint density at radius 3 is 2.63 bits per heavy atom. The van der Waals surface area contributed by atoms with Crippen molar-refractivity contribution in [3.8, 4) is 0 Å². The number of rotatable bonds is 4. The fraction of sp³-hybridized carbons (Fsp3) is 0.938. The second kappa shape index (κ2) is 6.74. The zero-order valence-corrected chi connectivity index (χ0v) is 12.6. The summed E-state index contributed by atoms with van der Waals surface area (Å²) in [5.41, 5.74) is 0.105. The summed E-state index contributed by atoms with van der Waals surface area (Å²) in [5, 5.41) is 0. The average molecular weight is 267 g/mol. The topological polar surface area (TPSA) is 29.5 Å². The number of hydrogen-bond acceptors (Lipinski definition) is 3. The van der Waals surface area contributed by atoms with Gasteiger partial charge in [-0.1, -0.05) is 19.8 Å². The second-order valence-electron chi connectivity index (χ2n) is 6.44. The van der Waals surface area contributed by atoms with Crippen LogP contribution in [0.15, 0.2) is 0 Å². The van der Waals surface area contributed by atoms with Crippen molar-refractivity contribution in [2.45, 2.75) is 70.8 Å². The minimum Gasteiger partial charge on any atom is -0.466 e. The Morgan fingerprint density at radius 2 is 1.95 bits per heavy atom. The van der Waals surface area contributed by atoms with Crippen molar-refractivity contribution >= 4 is 5.97 Å². The summed E-state index contributed by atoms with van der Waals surface area (Å²) in [6, 6.07) is 0. The van der Waals surface area contributed by atoms with Crippen LogP contribution >= 0.6 is 0 Å². The quantitative estimate of drug-likeness (QED) is 0.578. The molecule has 2 aliphatic rings. The molecule has 0 aromatic carbocycles. The van der Waals surface area contributed by atoms with Gasteiger partial charge in [0.2, 0.25) is 0 Å². The predicted molar refractivity (Wildman–Crippen MR) is 77.0 cm³/mol. The van der Waals surface area contributed by atoms with Gasteiger partial charge in [-0.15, -0.1) is 0 Å². The smallest absolute Gasteiger partial charge is 0.307 e. The van der Waals surface area contributed by atoms with Crippen LogP contribution in [0.1, 0.15) is 65.2 Å². The van der Waals surface area contributed by atoms with E-state index >= 15 is 0 Å². The number of carbonyl (C=O) groups is 1. The molecule has 3 heteroatoms. The SMILES string of the molecule is CCOC(=O)CC1(N2CCCC2)CCCC(C)CC1. The molecule has 2 fully saturated rings. The Morgan fingerprint density at radius 1 is 1.21 bits per heavy atom. The van der Waals surface area contributed by atoms with Crippen LogP contribution in [0.4, 0.5) is 0 Å². The van der Waals surface area contributed by atoms with Crippen LogP contribution in [0.3, 0.4) is 0 Å². The lowest BCUT2D eigenvalue weighted by Crippen LogP contribution is -2.48. The van der Waals surface area contributed by atoms with Gasteiger partial charge in [-0.3, -0.25) is 9.69 Å². The first-order chi connectivity index (χ1) is 9.16. The molecule has 0 amide bonds. The van der Waals surface area contributed by atoms with Gasteiger partial charge in [0.15, 0.2) is 0 Å². The molecule has 1 saturated heterocycles. The molecule has 0 aromatic rings. The van der Waals surface area contributed by atoms with Gasteiger partial charge in [0.1, 0.15) is 0 Å². The largest absolute Gasteiger partial charge is 0.466 e. The van der Waals surface area contributed by atoms with Gasteiger partial charge in [0, 0.05) is 5.54 Å². The summed E-state index contributed by atoms with van der Waals surface area (Å²) in [6.07, 6.45) is 9.38. The van der Waals surface area contributed by atoms with Crippen LogP contribution < -0.4 is 0 Å². The van der Waals surface area contributed by atoms with Gasteiger partial charge >= 0.3 is 5.97 Å². The van der Waals surface area contributed by atoms with Crippen LogP contribution in [0.25, 0.3) is 0 Å². The Labute approximate surface area is 117 Å². The van der Waals surface area contributed by atoms with Crippen molar-refractivity contribution in [3.05, 3.63) is 0 Å². The molecular weight excluding hydrogens is 238 g/mol. The zero-order chi connectivity index (χ0) is 13.7. The van der Waals surface area contributed by atoms with Crippen molar-refractivity contribution < 1.29 is 9.53 Å². The highest BCUT2D eigenvalue weighted by Crippen LogP contribution is 2.39. The average Bonchev–Trinajstić information content (AvgIpc) is 2.84. The fourth-order valence-corrected chi connectivity index (χ4v) is 3.84. The first kappa shape index (κ1) is 14.8. The van der Waals surface area contributed by atoms with Gasteiger partial charge < -0.3 is 4.74 Å². The molecule has 1 aliphatic carbocycles. The molecular formula is C16H29NO2. The van der Waals surface area contributed by atoms with E-state index in [1.165, 1.54) is 58.0 Å². The Balaban J connectivity index is 2.09. The summed E-state index contributed by atoms with van der Waals surface area (Å²) in [6.45, 7) is 7.10. The highest BCUT2D eigenvalue weighted by molar-refractivity contribution is 5.71. The maximum atomic E-state index is 12.0. The van der Waals surface area contributed by atoms with E-state index in [-0.39, 0.29) is 11.5 Å². The molecule has 2 unspecified atom stereocenters. The molecule has 0 aromatic heterocycles. The molecule has 110 valence electrons. The molecule has 0 N–H and O–H groups in total. The van der Waals surface area contributed by atoms with Gasteiger partial charge in [-0.2, -0.15) is 0 Å². The van der Waals surface area contributed by atoms with Crippen LogP contribution in [-0.2, 0) is 9.53 Å². The summed E-state index contributed by atoms with van der Waals surface area (Å²) in [7, 11) is 0. The van der Waals surface area contributed by atoms with Crippen LogP contribution in [0, 0.1) is 5.92 Å². The maximum Gasteiger partial charge on any atom is 0.307 e. The van der Waals surface area contributed by atoms with E-state index in [0.29, 0.717) is 13.0 Å². The molecule has 1 heterocycles. The number of nitrogens with zero attached hydrogens (tertiary/aromatic N) is 1. The highest BCUT2D eigenvalue weighted by atomic mass is 16.5. The Kier molecular flexibility index (Phi) is 5.26. The number of likely N-dealkylation sites (tertiary alicyclic amines) is 1. The van der Waals surface area contributed by atoms with E-state index in [1.54, 1.807) is 0 Å². The van der Waals surface area contributed by atoms with Crippen LogP contribution in [0.5, 0.6) is 0 Å². The van der Waals surface area contributed by atoms with Crippen molar-refractivity contribution in [1.29, 1.82) is 0 Å². The van der Waals surface area contributed by atoms with Crippen molar-refractivity contribution in [2.24, 2.45) is 5.92 Å². The third kappa shape index (κ3) is 3.71. The summed E-state index contributed by atoms with van der Waals surface area (Å²) in [5.74, 6) is 0.815. The summed E-state index contributed by atoms with van der Waals surface area (Å²) >= 11 is 0. The van der Waals surface area contributed by atoms with Crippen molar-refractivity contribution in [3.63, 3.8) is 0 Å². The standard InChI is InChI=1S/C16H29NO2/c1-3-19-15(18)13-16(17-11-4-5-12-17)9-6-7-14(2)8-10-16/h14H,3-13H2,1-2H3. The molecule has 2 atom stereocenters. The lowest BCUT2D eigenvalue weighted by atomic mass is 9.84. The van der Waals surface area contributed by atoms with Gasteiger partial charge in [0.25, 0.3) is 0 Å². The maximum absolute atomic E-state index is 12.0. The lowest BCUT2D eigenvalue weighted by Gasteiger charge is -2.41. The Hall–Kier alpha value is -0.570. The molecule has 0 spiro atoms. The molecule has 3 nitrogen and oxygen atoms in total. The monoisotopic (exact) mass is 267 g/mol. The molecule has 0 bridgehead atoms. The van der Waals surface area contributed by atoms with Crippen molar-refractivity contribution in [1.82, 2.24) is 4.90 Å². The van der Waals surface area contributed by atoms with Crippen LogP contribution in [-0.4, -0.2) is 36.1 Å². The summed E-state index contributed by atoms with van der Waals surface area (Å²) in [4.78, 5) is 14.6. The first-order valence-corrected chi connectivity index (χ1v) is 8.07. The third-order valence-corrected chi connectivity index (χ3v) is 5.00. The van der Waals surface area contributed by atoms with Crippen LogP contribution in [0.2, 0.25) is 0 Å². The second-order valence-corrected chi connectivity index (χ2v) is 6.44. The number of carbonyl (C=O) groups excluding carboxylic acids is 1. The molecule has 2 rings (SSSR count). The van der Waals surface area contributed by atoms with E-state index < -0.39 is 0 Å². The molecule has 1 saturated carbocycles. The van der Waals surface area contributed by atoms with Gasteiger partial charge in [-0.25, -0.2) is 0 Å². The van der Waals surface area contributed by atoms with E-state index in [9.17, 15) is 4.79 Å². The van der Waals surface area contributed by atoms with E-state index in [1.807, 2.05) is 6.92 Å². The molecule has 0 radical (unpaired) electrons. The Bertz CT molecular complexity index is 299. The van der Waals surface area contributed by atoms with E-state index in [0.717, 1.165) is 5.92 Å². The van der Waals surface area contributed by atoms with Gasteiger partial charge in [-0.05, 0) is 58.0 Å². The first-order valence-electron chi connectivity index (χ1n) is 8.07. The fourth-order valence-electron chi connectivity index (χ4n) is 3.84. The number of esters is 1.